The first-order valence-corrected chi connectivity index (χ1v) is 10.3. The Morgan fingerprint density at radius 3 is 2.47 bits per heavy atom. The first-order chi connectivity index (χ1) is 14.7. The largest absolute Gasteiger partial charge is 0.496 e. The van der Waals surface area contributed by atoms with Crippen LogP contribution in [0.1, 0.15) is 16.2 Å². The number of anilines is 1. The molecule has 0 unspecified atom stereocenters. The lowest BCUT2D eigenvalue weighted by Crippen LogP contribution is -2.12. The van der Waals surface area contributed by atoms with Crippen LogP contribution in [0.25, 0.3) is 11.5 Å². The lowest BCUT2D eigenvalue weighted by molar-refractivity contribution is 0.102. The Balaban J connectivity index is 1.35. The second kappa shape index (κ2) is 9.28. The molecule has 0 radical (unpaired) electrons. The highest BCUT2D eigenvalue weighted by molar-refractivity contribution is 7.98. The van der Waals surface area contributed by atoms with Crippen LogP contribution in [0, 0.1) is 0 Å². The van der Waals surface area contributed by atoms with Crippen LogP contribution in [0.15, 0.2) is 88.2 Å². The molecule has 1 heterocycles. The van der Waals surface area contributed by atoms with Crippen LogP contribution < -0.4 is 10.1 Å². The minimum Gasteiger partial charge on any atom is -0.496 e. The maximum Gasteiger partial charge on any atom is 0.259 e. The van der Waals surface area contributed by atoms with E-state index in [-0.39, 0.29) is 5.91 Å². The fourth-order valence-corrected chi connectivity index (χ4v) is 3.55. The highest BCUT2D eigenvalue weighted by atomic mass is 32.2. The van der Waals surface area contributed by atoms with E-state index in [0.717, 1.165) is 10.5 Å². The second-order valence-electron chi connectivity index (χ2n) is 6.33. The number of nitrogens with zero attached hydrogens (tertiary/aromatic N) is 2. The van der Waals surface area contributed by atoms with E-state index in [2.05, 4.69) is 15.5 Å². The third kappa shape index (κ3) is 4.69. The number of methoxy groups -OCH3 is 1. The summed E-state index contributed by atoms with van der Waals surface area (Å²) >= 11 is 1.58. The molecule has 0 aliphatic rings. The van der Waals surface area contributed by atoms with E-state index < -0.39 is 0 Å². The molecule has 1 N–H and O–H groups in total. The molecule has 1 amide bonds. The molecule has 0 bridgehead atoms. The number of aromatic nitrogens is 2. The Kier molecular flexibility index (Phi) is 6.10. The van der Waals surface area contributed by atoms with Crippen LogP contribution >= 0.6 is 11.8 Å². The highest BCUT2D eigenvalue weighted by Crippen LogP contribution is 2.26. The number of amides is 1. The van der Waals surface area contributed by atoms with Crippen molar-refractivity contribution in [3.63, 3.8) is 0 Å². The first kappa shape index (κ1) is 19.7. The maximum absolute atomic E-state index is 12.5. The summed E-state index contributed by atoms with van der Waals surface area (Å²) in [6.07, 6.45) is 0. The summed E-state index contributed by atoms with van der Waals surface area (Å²) in [5.41, 5.74) is 2.10. The van der Waals surface area contributed by atoms with E-state index in [0.29, 0.717) is 34.5 Å². The first-order valence-electron chi connectivity index (χ1n) is 9.28. The fourth-order valence-electron chi connectivity index (χ4n) is 2.82. The number of nitrogens with one attached hydrogen (secondary N) is 1. The number of hydrogen-bond acceptors (Lipinski definition) is 6. The van der Waals surface area contributed by atoms with Crippen molar-refractivity contribution in [2.24, 2.45) is 0 Å². The van der Waals surface area contributed by atoms with E-state index in [9.17, 15) is 4.79 Å². The van der Waals surface area contributed by atoms with Crippen LogP contribution in [0.2, 0.25) is 0 Å². The van der Waals surface area contributed by atoms with E-state index in [1.54, 1.807) is 37.1 Å². The van der Waals surface area contributed by atoms with Crippen molar-refractivity contribution in [2.45, 2.75) is 10.6 Å². The molecule has 6 nitrogen and oxygen atoms in total. The van der Waals surface area contributed by atoms with Gasteiger partial charge in [0.2, 0.25) is 11.8 Å². The normalized spacial score (nSPS) is 10.6. The van der Waals surface area contributed by atoms with Gasteiger partial charge in [-0.05, 0) is 48.5 Å². The lowest BCUT2D eigenvalue weighted by atomic mass is 10.2. The molecule has 0 atom stereocenters. The molecule has 1 aromatic heterocycles. The van der Waals surface area contributed by atoms with Crippen molar-refractivity contribution < 1.29 is 13.9 Å². The standard InChI is InChI=1S/C23H19N3O3S/c1-28-20-10-6-5-9-19(20)22(27)24-17-11-13-18(14-12-17)30-15-21-25-26-23(29-21)16-7-3-2-4-8-16/h2-14H,15H2,1H3,(H,24,27). The fraction of sp³-hybridized carbons (Fsp3) is 0.0870. The second-order valence-corrected chi connectivity index (χ2v) is 7.38. The third-order valence-electron chi connectivity index (χ3n) is 4.31. The third-order valence-corrected chi connectivity index (χ3v) is 5.31. The summed E-state index contributed by atoms with van der Waals surface area (Å²) in [5, 5.41) is 11.1. The van der Waals surface area contributed by atoms with Gasteiger partial charge < -0.3 is 14.5 Å². The van der Waals surface area contributed by atoms with Crippen LogP contribution in [0.3, 0.4) is 0 Å². The summed E-state index contributed by atoms with van der Waals surface area (Å²) in [6, 6.07) is 24.4. The molecule has 7 heteroatoms. The predicted octanol–water partition coefficient (Wildman–Crippen LogP) is 5.29. The van der Waals surface area contributed by atoms with E-state index >= 15 is 0 Å². The van der Waals surface area contributed by atoms with Crippen molar-refractivity contribution in [3.8, 4) is 17.2 Å². The Morgan fingerprint density at radius 2 is 1.70 bits per heavy atom. The van der Waals surface area contributed by atoms with Crippen molar-refractivity contribution in [2.75, 3.05) is 12.4 Å². The molecule has 0 aliphatic carbocycles. The molecule has 4 rings (SSSR count). The van der Waals surface area contributed by atoms with Crippen molar-refractivity contribution in [1.29, 1.82) is 0 Å². The van der Waals surface area contributed by atoms with Gasteiger partial charge in [0.25, 0.3) is 5.91 Å². The number of rotatable bonds is 7. The van der Waals surface area contributed by atoms with Gasteiger partial charge in [-0.2, -0.15) is 0 Å². The van der Waals surface area contributed by atoms with Gasteiger partial charge in [0.15, 0.2) is 0 Å². The molecule has 0 fully saturated rings. The zero-order valence-electron chi connectivity index (χ0n) is 16.2. The van der Waals surface area contributed by atoms with Gasteiger partial charge in [-0.3, -0.25) is 4.79 Å². The molecule has 0 aliphatic heterocycles. The number of benzene rings is 3. The van der Waals surface area contributed by atoms with Crippen LogP contribution in [0.5, 0.6) is 5.75 Å². The highest BCUT2D eigenvalue weighted by Gasteiger charge is 2.12. The number of ether oxygens (including phenoxy) is 1. The van der Waals surface area contributed by atoms with Crippen molar-refractivity contribution >= 4 is 23.4 Å². The quantitative estimate of drug-likeness (QED) is 0.412. The van der Waals surface area contributed by atoms with Gasteiger partial charge >= 0.3 is 0 Å². The van der Waals surface area contributed by atoms with Gasteiger partial charge in [-0.25, -0.2) is 0 Å². The monoisotopic (exact) mass is 417 g/mol. The molecule has 30 heavy (non-hydrogen) atoms. The Morgan fingerprint density at radius 1 is 0.967 bits per heavy atom. The van der Waals surface area contributed by atoms with Gasteiger partial charge in [0.05, 0.1) is 18.4 Å². The molecule has 0 spiro atoms. The molecule has 150 valence electrons. The summed E-state index contributed by atoms with van der Waals surface area (Å²) in [6.45, 7) is 0. The van der Waals surface area contributed by atoms with Crippen molar-refractivity contribution in [3.05, 3.63) is 90.3 Å². The zero-order chi connectivity index (χ0) is 20.8. The van der Waals surface area contributed by atoms with E-state index in [4.69, 9.17) is 9.15 Å². The topological polar surface area (TPSA) is 77.2 Å². The summed E-state index contributed by atoms with van der Waals surface area (Å²) < 4.78 is 11.0. The smallest absolute Gasteiger partial charge is 0.259 e. The minimum absolute atomic E-state index is 0.216. The Labute approximate surface area is 178 Å². The average molecular weight is 417 g/mol. The summed E-state index contributed by atoms with van der Waals surface area (Å²) in [7, 11) is 1.55. The molecular formula is C23H19N3O3S. The number of carbonyl (C=O) groups is 1. The van der Waals surface area contributed by atoms with E-state index in [1.807, 2.05) is 60.7 Å². The Hall–Kier alpha value is -3.58. The molecule has 0 saturated carbocycles. The van der Waals surface area contributed by atoms with Gasteiger partial charge in [-0.15, -0.1) is 22.0 Å². The van der Waals surface area contributed by atoms with Crippen LogP contribution in [-0.4, -0.2) is 23.2 Å². The number of thioether (sulfide) groups is 1. The van der Waals surface area contributed by atoms with Crippen molar-refractivity contribution in [1.82, 2.24) is 10.2 Å². The molecule has 0 saturated heterocycles. The lowest BCUT2D eigenvalue weighted by Gasteiger charge is -2.09. The zero-order valence-corrected chi connectivity index (χ0v) is 17.1. The molecular weight excluding hydrogens is 398 g/mol. The van der Waals surface area contributed by atoms with Gasteiger partial charge in [-0.1, -0.05) is 30.3 Å². The van der Waals surface area contributed by atoms with E-state index in [1.165, 1.54) is 0 Å². The van der Waals surface area contributed by atoms with Crippen LogP contribution in [0.4, 0.5) is 5.69 Å². The SMILES string of the molecule is COc1ccccc1C(=O)Nc1ccc(SCc2nnc(-c3ccccc3)o2)cc1. The predicted molar refractivity (Wildman–Crippen MR) is 117 cm³/mol. The summed E-state index contributed by atoms with van der Waals surface area (Å²) in [4.78, 5) is 13.5. The molecule has 3 aromatic carbocycles. The minimum atomic E-state index is -0.216. The van der Waals surface area contributed by atoms with Crippen LogP contribution in [-0.2, 0) is 5.75 Å². The average Bonchev–Trinajstić information content (AvgIpc) is 3.28. The number of carbonyl (C=O) groups excluding carboxylic acids is 1. The summed E-state index contributed by atoms with van der Waals surface area (Å²) in [5.74, 6) is 1.96. The number of para-hydroxylation sites is 1. The van der Waals surface area contributed by atoms with Gasteiger partial charge in [0, 0.05) is 16.1 Å². The Bertz CT molecular complexity index is 1130. The van der Waals surface area contributed by atoms with Gasteiger partial charge in [0.1, 0.15) is 5.75 Å². The number of hydrogen-bond donors (Lipinski definition) is 1. The molecule has 4 aromatic rings. The maximum atomic E-state index is 12.5.